The zero-order valence-corrected chi connectivity index (χ0v) is 12.7. The van der Waals surface area contributed by atoms with Crippen LogP contribution in [0.15, 0.2) is 35.6 Å². The van der Waals surface area contributed by atoms with Gasteiger partial charge in [-0.05, 0) is 18.6 Å². The molecule has 2 rings (SSSR count). The third-order valence-corrected chi connectivity index (χ3v) is 4.42. The molecule has 0 aliphatic carbocycles. The Bertz CT molecular complexity index is 713. The van der Waals surface area contributed by atoms with Gasteiger partial charge in [0.05, 0.1) is 0 Å². The van der Waals surface area contributed by atoms with Crippen molar-refractivity contribution < 1.29 is 8.42 Å². The molecule has 0 spiro atoms. The highest BCUT2D eigenvalue weighted by molar-refractivity contribution is 7.89. The molecule has 0 unspecified atom stereocenters. The molecule has 9 heteroatoms. The Kier molecular flexibility index (Phi) is 4.99. The number of rotatable bonds is 7. The van der Waals surface area contributed by atoms with E-state index < -0.39 is 10.0 Å². The first kappa shape index (κ1) is 15.5. The van der Waals surface area contributed by atoms with E-state index in [9.17, 15) is 8.42 Å². The van der Waals surface area contributed by atoms with E-state index in [1.165, 1.54) is 18.3 Å². The van der Waals surface area contributed by atoms with Crippen LogP contribution in [0.3, 0.4) is 0 Å². The van der Waals surface area contributed by atoms with Crippen LogP contribution in [0.1, 0.15) is 17.9 Å². The van der Waals surface area contributed by atoms with Crippen LogP contribution >= 0.6 is 12.2 Å². The second kappa shape index (κ2) is 6.74. The van der Waals surface area contributed by atoms with Crippen molar-refractivity contribution in [2.45, 2.75) is 17.7 Å². The summed E-state index contributed by atoms with van der Waals surface area (Å²) < 4.78 is 27.0. The molecule has 2 aromatic heterocycles. The van der Waals surface area contributed by atoms with Crippen molar-refractivity contribution >= 4 is 27.2 Å². The molecular formula is C12H15N5O2S2. The van der Waals surface area contributed by atoms with Gasteiger partial charge in [-0.1, -0.05) is 12.2 Å². The number of nitrogens with one attached hydrogen (secondary N) is 2. The van der Waals surface area contributed by atoms with Crippen LogP contribution < -0.4 is 10.5 Å². The minimum Gasteiger partial charge on any atom is -0.388 e. The van der Waals surface area contributed by atoms with Crippen molar-refractivity contribution in [2.75, 3.05) is 6.54 Å². The normalized spacial score (nSPS) is 11.4. The smallest absolute Gasteiger partial charge is 0.242 e. The molecule has 0 amide bonds. The zero-order valence-electron chi connectivity index (χ0n) is 11.1. The van der Waals surface area contributed by atoms with Gasteiger partial charge in [-0.15, -0.1) is 0 Å². The number of hydrogen-bond donors (Lipinski definition) is 3. The molecule has 2 heterocycles. The summed E-state index contributed by atoms with van der Waals surface area (Å²) in [6.07, 6.45) is 6.11. The van der Waals surface area contributed by atoms with Gasteiger partial charge in [0.1, 0.15) is 21.4 Å². The molecule has 0 atom stereocenters. The molecule has 0 fully saturated rings. The fourth-order valence-electron chi connectivity index (χ4n) is 1.77. The van der Waals surface area contributed by atoms with Crippen LogP contribution in [-0.4, -0.2) is 34.9 Å². The number of aryl methyl sites for hydroxylation is 1. The Labute approximate surface area is 128 Å². The molecule has 21 heavy (non-hydrogen) atoms. The maximum Gasteiger partial charge on any atom is 0.242 e. The maximum atomic E-state index is 12.2. The van der Waals surface area contributed by atoms with Crippen molar-refractivity contribution in [3.63, 3.8) is 0 Å². The van der Waals surface area contributed by atoms with Crippen LogP contribution in [0.5, 0.6) is 0 Å². The molecule has 2 aromatic rings. The first-order valence-corrected chi connectivity index (χ1v) is 8.12. The number of nitrogens with two attached hydrogens (primary N) is 1. The van der Waals surface area contributed by atoms with Crippen molar-refractivity contribution in [3.05, 3.63) is 42.2 Å². The van der Waals surface area contributed by atoms with Crippen LogP contribution in [0.4, 0.5) is 0 Å². The van der Waals surface area contributed by atoms with E-state index in [-0.39, 0.29) is 22.1 Å². The Hall–Kier alpha value is -1.84. The number of nitrogens with zero attached hydrogens (tertiary/aromatic N) is 2. The largest absolute Gasteiger partial charge is 0.388 e. The monoisotopic (exact) mass is 325 g/mol. The lowest BCUT2D eigenvalue weighted by atomic mass is 10.3. The molecule has 0 aromatic carbocycles. The van der Waals surface area contributed by atoms with Crippen LogP contribution in [0, 0.1) is 0 Å². The van der Waals surface area contributed by atoms with Crippen LogP contribution in [0.25, 0.3) is 0 Å². The molecule has 0 saturated heterocycles. The van der Waals surface area contributed by atoms with E-state index in [1.54, 1.807) is 12.4 Å². The van der Waals surface area contributed by atoms with E-state index in [4.69, 9.17) is 18.0 Å². The van der Waals surface area contributed by atoms with Gasteiger partial charge in [-0.2, -0.15) is 0 Å². The lowest BCUT2D eigenvalue weighted by Crippen LogP contribution is -2.28. The highest BCUT2D eigenvalue weighted by Gasteiger charge is 2.19. The molecule has 7 nitrogen and oxygen atoms in total. The average Bonchev–Trinajstić information content (AvgIpc) is 2.97. The maximum absolute atomic E-state index is 12.2. The second-order valence-electron chi connectivity index (χ2n) is 4.25. The summed E-state index contributed by atoms with van der Waals surface area (Å²) in [5.74, 6) is 0.819. The molecule has 0 aliphatic rings. The molecule has 0 saturated carbocycles. The Balaban J connectivity index is 2.00. The third-order valence-electron chi connectivity index (χ3n) is 2.73. The molecule has 4 N–H and O–H groups in total. The van der Waals surface area contributed by atoms with Gasteiger partial charge in [0.2, 0.25) is 10.0 Å². The molecular weight excluding hydrogens is 310 g/mol. The Morgan fingerprint density at radius 2 is 2.19 bits per heavy atom. The number of sulfonamides is 1. The van der Waals surface area contributed by atoms with E-state index in [1.807, 2.05) is 0 Å². The highest BCUT2D eigenvalue weighted by Crippen LogP contribution is 2.12. The van der Waals surface area contributed by atoms with Crippen LogP contribution in [-0.2, 0) is 16.4 Å². The molecule has 0 radical (unpaired) electrons. The Morgan fingerprint density at radius 3 is 2.86 bits per heavy atom. The summed E-state index contributed by atoms with van der Waals surface area (Å²) in [7, 11) is -3.69. The van der Waals surface area contributed by atoms with Crippen molar-refractivity contribution in [3.8, 4) is 0 Å². The zero-order chi connectivity index (χ0) is 15.3. The van der Waals surface area contributed by atoms with Crippen molar-refractivity contribution in [2.24, 2.45) is 5.73 Å². The number of aromatic nitrogens is 3. The fourth-order valence-corrected chi connectivity index (χ4v) is 3.24. The molecule has 0 aliphatic heterocycles. The minimum atomic E-state index is -3.69. The number of aromatic amines is 1. The molecule has 112 valence electrons. The third kappa shape index (κ3) is 4.06. The van der Waals surface area contributed by atoms with E-state index in [2.05, 4.69) is 19.7 Å². The highest BCUT2D eigenvalue weighted by atomic mass is 32.2. The number of H-pyrrole nitrogens is 1. The van der Waals surface area contributed by atoms with E-state index in [0.29, 0.717) is 12.8 Å². The summed E-state index contributed by atoms with van der Waals surface area (Å²) in [5.41, 5.74) is 5.60. The summed E-state index contributed by atoms with van der Waals surface area (Å²) in [5, 5.41) is 0. The quantitative estimate of drug-likeness (QED) is 0.500. The number of thiocarbonyl (C=S) groups is 1. The van der Waals surface area contributed by atoms with Gasteiger partial charge in [0.15, 0.2) is 0 Å². The minimum absolute atomic E-state index is 0.00417. The van der Waals surface area contributed by atoms with Gasteiger partial charge in [0, 0.05) is 31.6 Å². The van der Waals surface area contributed by atoms with Gasteiger partial charge in [0.25, 0.3) is 0 Å². The summed E-state index contributed by atoms with van der Waals surface area (Å²) in [6.45, 7) is 0.286. The van der Waals surface area contributed by atoms with E-state index >= 15 is 0 Å². The first-order valence-electron chi connectivity index (χ1n) is 6.23. The Morgan fingerprint density at radius 1 is 1.38 bits per heavy atom. The number of hydrogen-bond acceptors (Lipinski definition) is 5. The lowest BCUT2D eigenvalue weighted by molar-refractivity contribution is 0.577. The predicted octanol–water partition coefficient (Wildman–Crippen LogP) is 0.350. The van der Waals surface area contributed by atoms with Gasteiger partial charge < -0.3 is 10.7 Å². The van der Waals surface area contributed by atoms with E-state index in [0.717, 1.165) is 5.82 Å². The average molecular weight is 325 g/mol. The molecule has 0 bridgehead atoms. The van der Waals surface area contributed by atoms with Crippen LogP contribution in [0.2, 0.25) is 0 Å². The van der Waals surface area contributed by atoms with Gasteiger partial charge >= 0.3 is 0 Å². The summed E-state index contributed by atoms with van der Waals surface area (Å²) >= 11 is 4.82. The number of imidazole rings is 1. The lowest BCUT2D eigenvalue weighted by Gasteiger charge is -2.09. The standard InChI is InChI=1S/C12H15N5O2S2/c13-12(20)11-9(3-1-5-16-11)21(18,19)17-6-2-4-10-14-7-8-15-10/h1,3,5,7-8,17H,2,4,6H2,(H2,13,20)(H,14,15). The predicted molar refractivity (Wildman–Crippen MR) is 82.2 cm³/mol. The summed E-state index contributed by atoms with van der Waals surface area (Å²) in [6, 6.07) is 2.95. The number of pyridine rings is 1. The second-order valence-corrected chi connectivity index (χ2v) is 6.43. The van der Waals surface area contributed by atoms with Gasteiger partial charge in [-0.25, -0.2) is 18.1 Å². The van der Waals surface area contributed by atoms with Crippen molar-refractivity contribution in [1.29, 1.82) is 0 Å². The summed E-state index contributed by atoms with van der Waals surface area (Å²) in [4.78, 5) is 10.9. The van der Waals surface area contributed by atoms with Gasteiger partial charge in [-0.3, -0.25) is 4.98 Å². The first-order chi connectivity index (χ1) is 10.0. The SMILES string of the molecule is NC(=S)c1ncccc1S(=O)(=O)NCCCc1ncc[nH]1. The topological polar surface area (TPSA) is 114 Å². The van der Waals surface area contributed by atoms with Crippen molar-refractivity contribution in [1.82, 2.24) is 19.7 Å². The fraction of sp³-hybridized carbons (Fsp3) is 0.250.